The molecule has 0 aliphatic carbocycles. The van der Waals surface area contributed by atoms with Crippen molar-refractivity contribution in [3.63, 3.8) is 0 Å². The first-order valence-electron chi connectivity index (χ1n) is 4.54. The maximum Gasteiger partial charge on any atom is 0.129 e. The van der Waals surface area contributed by atoms with E-state index < -0.39 is 0 Å². The predicted octanol–water partition coefficient (Wildman–Crippen LogP) is 3.76. The summed E-state index contributed by atoms with van der Waals surface area (Å²) in [5, 5.41) is 3.93. The van der Waals surface area contributed by atoms with Crippen molar-refractivity contribution in [2.75, 3.05) is 6.54 Å². The molecule has 0 bridgehead atoms. The molecule has 0 unspecified atom stereocenters. The zero-order chi connectivity index (χ0) is 11.1. The highest BCUT2D eigenvalue weighted by molar-refractivity contribution is 6.29. The average Bonchev–Trinajstić information content (AvgIpc) is 2.20. The Morgan fingerprint density at radius 2 is 2.40 bits per heavy atom. The maximum atomic E-state index is 8.07. The lowest BCUT2D eigenvalue weighted by molar-refractivity contribution is 0.995. The van der Waals surface area contributed by atoms with Crippen LogP contribution in [-0.2, 0) is 0 Å². The minimum absolute atomic E-state index is 0.479. The number of halogens is 1. The number of pyridine rings is 1. The quantitative estimate of drug-likeness (QED) is 0.252. The largest absolute Gasteiger partial charge is 0.241 e. The fraction of sp³-hybridized carbons (Fsp3) is 0.300. The molecule has 0 amide bonds. The van der Waals surface area contributed by atoms with Crippen LogP contribution in [0.15, 0.2) is 23.3 Å². The Hall–Kier alpha value is -1.51. The van der Waals surface area contributed by atoms with Crippen molar-refractivity contribution in [2.45, 2.75) is 13.3 Å². The van der Waals surface area contributed by atoms with Gasteiger partial charge in [0.1, 0.15) is 5.15 Å². The maximum absolute atomic E-state index is 8.07. The topological polar surface area (TPSA) is 61.7 Å². The van der Waals surface area contributed by atoms with E-state index in [1.165, 1.54) is 0 Å². The molecule has 0 aromatic carbocycles. The van der Waals surface area contributed by atoms with E-state index in [0.717, 1.165) is 17.7 Å². The van der Waals surface area contributed by atoms with Crippen LogP contribution >= 0.6 is 11.6 Å². The van der Waals surface area contributed by atoms with Crippen LogP contribution in [0.5, 0.6) is 0 Å². The number of aromatic nitrogens is 1. The first-order chi connectivity index (χ1) is 7.24. The molecule has 5 heteroatoms. The average molecular weight is 223 g/mol. The van der Waals surface area contributed by atoms with Crippen molar-refractivity contribution >= 4 is 17.7 Å². The summed E-state index contributed by atoms with van der Waals surface area (Å²) < 4.78 is 0. The molecule has 0 spiro atoms. The van der Waals surface area contributed by atoms with Crippen LogP contribution in [0, 0.1) is 6.92 Å². The molecule has 0 N–H and O–H groups in total. The zero-order valence-electron chi connectivity index (χ0n) is 8.39. The molecule has 1 heterocycles. The van der Waals surface area contributed by atoms with E-state index in [4.69, 9.17) is 17.1 Å². The zero-order valence-corrected chi connectivity index (χ0v) is 9.15. The number of aryl methyl sites for hydroxylation is 1. The van der Waals surface area contributed by atoms with E-state index in [2.05, 4.69) is 15.0 Å². The first kappa shape index (κ1) is 11.6. The van der Waals surface area contributed by atoms with Gasteiger partial charge in [0.05, 0.1) is 0 Å². The first-order valence-corrected chi connectivity index (χ1v) is 4.92. The molecule has 0 aliphatic heterocycles. The van der Waals surface area contributed by atoms with E-state index in [0.29, 0.717) is 11.7 Å². The Bertz CT molecular complexity index is 408. The normalized spacial score (nSPS) is 10.3. The van der Waals surface area contributed by atoms with Gasteiger partial charge in [-0.2, -0.15) is 0 Å². The van der Waals surface area contributed by atoms with E-state index in [9.17, 15) is 0 Å². The summed E-state index contributed by atoms with van der Waals surface area (Å²) in [7, 11) is 0. The van der Waals surface area contributed by atoms with Gasteiger partial charge >= 0.3 is 0 Å². The van der Waals surface area contributed by atoms with Crippen LogP contribution in [0.1, 0.15) is 17.7 Å². The highest BCUT2D eigenvalue weighted by Gasteiger charge is 1.95. The van der Waals surface area contributed by atoms with Gasteiger partial charge in [0.25, 0.3) is 0 Å². The highest BCUT2D eigenvalue weighted by atomic mass is 35.5. The standard InChI is InChI=1S/C10H11ClN4/c1-8-9(5-6-10(11)14-8)4-2-3-7-13-15-12/h2,4-6H,3,7H2,1H3. The predicted molar refractivity (Wildman–Crippen MR) is 61.6 cm³/mol. The minimum Gasteiger partial charge on any atom is -0.241 e. The second-order valence-electron chi connectivity index (χ2n) is 2.95. The third kappa shape index (κ3) is 4.02. The number of nitrogens with zero attached hydrogens (tertiary/aromatic N) is 4. The summed E-state index contributed by atoms with van der Waals surface area (Å²) in [5.74, 6) is 0. The van der Waals surface area contributed by atoms with Crippen LogP contribution in [-0.4, -0.2) is 11.5 Å². The van der Waals surface area contributed by atoms with Gasteiger partial charge in [0.2, 0.25) is 0 Å². The van der Waals surface area contributed by atoms with Gasteiger partial charge in [0.15, 0.2) is 0 Å². The number of hydrogen-bond acceptors (Lipinski definition) is 2. The Kier molecular flexibility index (Phi) is 4.68. The monoisotopic (exact) mass is 222 g/mol. The van der Waals surface area contributed by atoms with Crippen molar-refractivity contribution in [1.29, 1.82) is 0 Å². The molecule has 0 radical (unpaired) electrons. The number of rotatable bonds is 4. The van der Waals surface area contributed by atoms with E-state index in [1.807, 2.05) is 25.1 Å². The number of azide groups is 1. The van der Waals surface area contributed by atoms with Gasteiger partial charge in [0, 0.05) is 17.2 Å². The van der Waals surface area contributed by atoms with Crippen molar-refractivity contribution in [2.24, 2.45) is 5.11 Å². The molecular weight excluding hydrogens is 212 g/mol. The second-order valence-corrected chi connectivity index (χ2v) is 3.34. The van der Waals surface area contributed by atoms with Gasteiger partial charge < -0.3 is 0 Å². The summed E-state index contributed by atoms with van der Waals surface area (Å²) in [5.41, 5.74) is 9.99. The third-order valence-electron chi connectivity index (χ3n) is 1.85. The van der Waals surface area contributed by atoms with Crippen LogP contribution < -0.4 is 0 Å². The molecule has 4 nitrogen and oxygen atoms in total. The Morgan fingerprint density at radius 3 is 3.07 bits per heavy atom. The Balaban J connectivity index is 2.60. The van der Waals surface area contributed by atoms with Crippen LogP contribution in [0.25, 0.3) is 16.5 Å². The molecule has 0 saturated carbocycles. The lowest BCUT2D eigenvalue weighted by Gasteiger charge is -1.98. The van der Waals surface area contributed by atoms with Gasteiger partial charge in [-0.15, -0.1) is 0 Å². The third-order valence-corrected chi connectivity index (χ3v) is 2.06. The summed E-state index contributed by atoms with van der Waals surface area (Å²) in [6.45, 7) is 2.38. The Labute approximate surface area is 93.2 Å². The van der Waals surface area contributed by atoms with E-state index in [1.54, 1.807) is 6.07 Å². The van der Waals surface area contributed by atoms with Crippen molar-refractivity contribution < 1.29 is 0 Å². The van der Waals surface area contributed by atoms with E-state index in [-0.39, 0.29) is 0 Å². The molecule has 0 aliphatic rings. The van der Waals surface area contributed by atoms with Crippen LogP contribution in [0.2, 0.25) is 5.15 Å². The molecule has 1 aromatic rings. The van der Waals surface area contributed by atoms with Gasteiger partial charge in [-0.05, 0) is 30.5 Å². The fourth-order valence-electron chi connectivity index (χ4n) is 1.10. The van der Waals surface area contributed by atoms with Crippen LogP contribution in [0.4, 0.5) is 0 Å². The summed E-state index contributed by atoms with van der Waals surface area (Å²) in [4.78, 5) is 6.79. The molecule has 0 fully saturated rings. The number of hydrogen-bond donors (Lipinski definition) is 0. The molecule has 15 heavy (non-hydrogen) atoms. The van der Waals surface area contributed by atoms with Crippen molar-refractivity contribution in [3.8, 4) is 0 Å². The fourth-order valence-corrected chi connectivity index (χ4v) is 1.29. The molecule has 1 aromatic heterocycles. The molecule has 0 atom stereocenters. The summed E-state index contributed by atoms with van der Waals surface area (Å²) in [6.07, 6.45) is 4.63. The summed E-state index contributed by atoms with van der Waals surface area (Å²) >= 11 is 5.73. The summed E-state index contributed by atoms with van der Waals surface area (Å²) in [6, 6.07) is 3.66. The van der Waals surface area contributed by atoms with Crippen molar-refractivity contribution in [3.05, 3.63) is 45.1 Å². The lowest BCUT2D eigenvalue weighted by Crippen LogP contribution is -1.86. The molecule has 1 rings (SSSR count). The van der Waals surface area contributed by atoms with Crippen LogP contribution in [0.3, 0.4) is 0 Å². The van der Waals surface area contributed by atoms with Gasteiger partial charge in [-0.1, -0.05) is 34.9 Å². The minimum atomic E-state index is 0.479. The molecule has 0 saturated heterocycles. The van der Waals surface area contributed by atoms with Gasteiger partial charge in [-0.3, -0.25) is 0 Å². The van der Waals surface area contributed by atoms with Crippen molar-refractivity contribution in [1.82, 2.24) is 4.98 Å². The Morgan fingerprint density at radius 1 is 1.60 bits per heavy atom. The second kappa shape index (κ2) is 6.06. The highest BCUT2D eigenvalue weighted by Crippen LogP contribution is 2.12. The molecule has 78 valence electrons. The smallest absolute Gasteiger partial charge is 0.129 e. The van der Waals surface area contributed by atoms with E-state index >= 15 is 0 Å². The SMILES string of the molecule is Cc1nc(Cl)ccc1C=CCCN=[N+]=[N-]. The van der Waals surface area contributed by atoms with Gasteiger partial charge in [-0.25, -0.2) is 4.98 Å². The molecular formula is C10H11ClN4. The lowest BCUT2D eigenvalue weighted by atomic mass is 10.2.